The number of nitrogens with two attached hydrogens (primary N) is 2. The predicted octanol–water partition coefficient (Wildman–Crippen LogP) is -1.16. The molecule has 0 bridgehead atoms. The van der Waals surface area contributed by atoms with Crippen LogP contribution in [0.25, 0.3) is 0 Å². The van der Waals surface area contributed by atoms with Crippen molar-refractivity contribution in [1.29, 1.82) is 0 Å². The van der Waals surface area contributed by atoms with Gasteiger partial charge in [0.05, 0.1) is 0 Å². The fourth-order valence-electron chi connectivity index (χ4n) is 0.652. The van der Waals surface area contributed by atoms with Gasteiger partial charge < -0.3 is 11.5 Å². The van der Waals surface area contributed by atoms with Crippen LogP contribution in [0.1, 0.15) is 0 Å². The maximum atomic E-state index is 10.7. The Hall–Kier alpha value is -2.05. The second-order valence-corrected chi connectivity index (χ2v) is 2.01. The van der Waals surface area contributed by atoms with Gasteiger partial charge in [-0.2, -0.15) is 4.98 Å². The van der Waals surface area contributed by atoms with Crippen LogP contribution >= 0.6 is 0 Å². The molecular weight excluding hydrogens is 162 g/mol. The summed E-state index contributed by atoms with van der Waals surface area (Å²) in [5.74, 6) is -0.0463. The minimum atomic E-state index is -0.816. The van der Waals surface area contributed by atoms with Crippen molar-refractivity contribution >= 4 is 17.8 Å². The Morgan fingerprint density at radius 2 is 2.33 bits per heavy atom. The number of amides is 2. The van der Waals surface area contributed by atoms with Crippen molar-refractivity contribution < 1.29 is 4.79 Å². The molecular formula is C5H7N5O2. The number of nitrogen functional groups attached to an aromatic ring is 1. The smallest absolute Gasteiger partial charge is 0.318 e. The molecule has 2 amide bonds. The van der Waals surface area contributed by atoms with E-state index in [2.05, 4.69) is 15.3 Å². The number of hydrogen-bond acceptors (Lipinski definition) is 4. The van der Waals surface area contributed by atoms with Crippen LogP contribution in [0.5, 0.6) is 0 Å². The first-order chi connectivity index (χ1) is 5.58. The lowest BCUT2D eigenvalue weighted by atomic mass is 10.6. The van der Waals surface area contributed by atoms with Gasteiger partial charge in [0.2, 0.25) is 5.95 Å². The number of urea groups is 1. The number of rotatable bonds is 1. The second kappa shape index (κ2) is 2.91. The van der Waals surface area contributed by atoms with E-state index in [1.807, 2.05) is 0 Å². The van der Waals surface area contributed by atoms with Gasteiger partial charge in [-0.05, 0) is 0 Å². The van der Waals surface area contributed by atoms with Crippen LogP contribution in [0.3, 0.4) is 0 Å². The highest BCUT2D eigenvalue weighted by Gasteiger charge is 1.99. The molecule has 7 heteroatoms. The SMILES string of the molecule is NC(=O)Nc1nc(N)cc(=O)[nH]1. The first-order valence-corrected chi connectivity index (χ1v) is 3.01. The van der Waals surface area contributed by atoms with Gasteiger partial charge in [0.15, 0.2) is 0 Å². The highest BCUT2D eigenvalue weighted by Crippen LogP contribution is 1.95. The number of anilines is 2. The quantitative estimate of drug-likeness (QED) is 0.423. The zero-order valence-corrected chi connectivity index (χ0v) is 6.00. The first-order valence-electron chi connectivity index (χ1n) is 3.01. The maximum Gasteiger partial charge on any atom is 0.318 e. The van der Waals surface area contributed by atoms with Gasteiger partial charge in [0.25, 0.3) is 5.56 Å². The number of primary amides is 1. The largest absolute Gasteiger partial charge is 0.383 e. The third-order valence-electron chi connectivity index (χ3n) is 1.00. The molecule has 1 aromatic rings. The van der Waals surface area contributed by atoms with Gasteiger partial charge in [-0.15, -0.1) is 0 Å². The molecule has 0 aliphatic heterocycles. The van der Waals surface area contributed by atoms with Crippen LogP contribution in [-0.2, 0) is 0 Å². The molecule has 1 rings (SSSR count). The van der Waals surface area contributed by atoms with Gasteiger partial charge in [-0.1, -0.05) is 0 Å². The molecule has 0 radical (unpaired) electrons. The zero-order valence-electron chi connectivity index (χ0n) is 6.00. The molecule has 0 fully saturated rings. The van der Waals surface area contributed by atoms with E-state index in [0.29, 0.717) is 0 Å². The van der Waals surface area contributed by atoms with E-state index < -0.39 is 11.6 Å². The number of hydrogen-bond donors (Lipinski definition) is 4. The van der Waals surface area contributed by atoms with E-state index >= 15 is 0 Å². The van der Waals surface area contributed by atoms with E-state index in [1.165, 1.54) is 0 Å². The lowest BCUT2D eigenvalue weighted by Crippen LogP contribution is -2.23. The highest BCUT2D eigenvalue weighted by atomic mass is 16.2. The summed E-state index contributed by atoms with van der Waals surface area (Å²) in [6, 6.07) is 0.273. The number of H-pyrrole nitrogens is 1. The molecule has 0 aliphatic carbocycles. The average molecular weight is 169 g/mol. The summed E-state index contributed by atoms with van der Waals surface area (Å²) in [7, 11) is 0. The van der Waals surface area contributed by atoms with Crippen LogP contribution in [-0.4, -0.2) is 16.0 Å². The van der Waals surface area contributed by atoms with Crippen molar-refractivity contribution in [2.75, 3.05) is 11.1 Å². The van der Waals surface area contributed by atoms with Crippen LogP contribution in [0, 0.1) is 0 Å². The second-order valence-electron chi connectivity index (χ2n) is 2.01. The number of carbonyl (C=O) groups is 1. The molecule has 7 nitrogen and oxygen atoms in total. The molecule has 0 aromatic carbocycles. The summed E-state index contributed by atoms with van der Waals surface area (Å²) >= 11 is 0. The third-order valence-corrected chi connectivity index (χ3v) is 1.00. The van der Waals surface area contributed by atoms with Crippen molar-refractivity contribution in [3.05, 3.63) is 16.4 Å². The van der Waals surface area contributed by atoms with Crippen molar-refractivity contribution in [2.45, 2.75) is 0 Å². The molecule has 12 heavy (non-hydrogen) atoms. The first kappa shape index (κ1) is 8.05. The standard InChI is InChI=1S/C5H7N5O2/c6-2-1-3(11)9-5(8-2)10-4(7)12/h1H,(H6,6,7,8,9,10,11,12). The molecule has 0 saturated carbocycles. The van der Waals surface area contributed by atoms with Crippen molar-refractivity contribution in [3.63, 3.8) is 0 Å². The van der Waals surface area contributed by atoms with E-state index in [4.69, 9.17) is 11.5 Å². The van der Waals surface area contributed by atoms with Crippen molar-refractivity contribution in [3.8, 4) is 0 Å². The molecule has 6 N–H and O–H groups in total. The Bertz CT molecular complexity index is 357. The van der Waals surface area contributed by atoms with Gasteiger partial charge in [-0.25, -0.2) is 4.79 Å². The minimum Gasteiger partial charge on any atom is -0.383 e. The number of aromatic nitrogens is 2. The van der Waals surface area contributed by atoms with E-state index in [9.17, 15) is 9.59 Å². The van der Waals surface area contributed by atoms with E-state index in [-0.39, 0.29) is 11.8 Å². The lowest BCUT2D eigenvalue weighted by molar-refractivity contribution is 0.259. The van der Waals surface area contributed by atoms with Gasteiger partial charge in [0.1, 0.15) is 5.82 Å². The zero-order chi connectivity index (χ0) is 9.14. The highest BCUT2D eigenvalue weighted by molar-refractivity contribution is 5.85. The van der Waals surface area contributed by atoms with Crippen LogP contribution in [0.2, 0.25) is 0 Å². The predicted molar refractivity (Wildman–Crippen MR) is 42.5 cm³/mol. The number of aromatic amines is 1. The fourth-order valence-corrected chi connectivity index (χ4v) is 0.652. The Kier molecular flexibility index (Phi) is 1.95. The fraction of sp³-hybridized carbons (Fsp3) is 0. The van der Waals surface area contributed by atoms with E-state index in [0.717, 1.165) is 6.07 Å². The summed E-state index contributed by atoms with van der Waals surface area (Å²) in [6.07, 6.45) is 0. The van der Waals surface area contributed by atoms with Crippen LogP contribution < -0.4 is 22.3 Å². The monoisotopic (exact) mass is 169 g/mol. The normalized spacial score (nSPS) is 9.33. The molecule has 0 saturated heterocycles. The summed E-state index contributed by atoms with van der Waals surface area (Å²) in [6.45, 7) is 0. The maximum absolute atomic E-state index is 10.7. The summed E-state index contributed by atoms with van der Waals surface area (Å²) in [5, 5.41) is 2.08. The van der Waals surface area contributed by atoms with Crippen molar-refractivity contribution in [2.24, 2.45) is 5.73 Å². The Morgan fingerprint density at radius 1 is 1.67 bits per heavy atom. The average Bonchev–Trinajstić information content (AvgIpc) is 1.81. The topological polar surface area (TPSA) is 127 Å². The number of nitrogens with one attached hydrogen (secondary N) is 2. The van der Waals surface area contributed by atoms with Gasteiger partial charge in [0, 0.05) is 6.07 Å². The molecule has 1 aromatic heterocycles. The Morgan fingerprint density at radius 3 is 2.83 bits per heavy atom. The van der Waals surface area contributed by atoms with Gasteiger partial charge >= 0.3 is 6.03 Å². The molecule has 1 heterocycles. The molecule has 0 aliphatic rings. The number of carbonyl (C=O) groups excluding carboxylic acids is 1. The molecule has 64 valence electrons. The molecule has 0 spiro atoms. The summed E-state index contributed by atoms with van der Waals surface area (Å²) in [4.78, 5) is 26.8. The number of nitrogens with zero attached hydrogens (tertiary/aromatic N) is 1. The Labute approximate surface area is 66.8 Å². The summed E-state index contributed by atoms with van der Waals surface area (Å²) < 4.78 is 0. The summed E-state index contributed by atoms with van der Waals surface area (Å²) in [5.41, 5.74) is 9.53. The van der Waals surface area contributed by atoms with Crippen LogP contribution in [0.4, 0.5) is 16.6 Å². The minimum absolute atomic E-state index is 0.0162. The van der Waals surface area contributed by atoms with Crippen molar-refractivity contribution in [1.82, 2.24) is 9.97 Å². The third kappa shape index (κ3) is 1.97. The van der Waals surface area contributed by atoms with Crippen LogP contribution in [0.15, 0.2) is 10.9 Å². The van der Waals surface area contributed by atoms with Gasteiger partial charge in [-0.3, -0.25) is 15.1 Å². The van der Waals surface area contributed by atoms with E-state index in [1.54, 1.807) is 0 Å². The lowest BCUT2D eigenvalue weighted by Gasteiger charge is -1.99. The molecule has 0 unspecified atom stereocenters. The molecule has 0 atom stereocenters. The Balaban J connectivity index is 3.01.